The minimum Gasteiger partial charge on any atom is -0.299 e. The van der Waals surface area contributed by atoms with Crippen molar-refractivity contribution in [2.75, 3.05) is 26.7 Å². The minimum atomic E-state index is -0.196. The number of carbonyl (C=O) groups is 1. The molecule has 6 heteroatoms. The number of rotatable bonds is 3. The number of nitrogen functional groups attached to an aromatic ring is 1. The molecule has 0 unspecified atom stereocenters. The van der Waals surface area contributed by atoms with Crippen molar-refractivity contribution < 1.29 is 4.79 Å². The van der Waals surface area contributed by atoms with Crippen LogP contribution in [0.2, 0.25) is 0 Å². The van der Waals surface area contributed by atoms with Crippen molar-refractivity contribution in [3.8, 4) is 0 Å². The molecule has 1 amide bonds. The Bertz CT molecular complexity index is 457. The predicted molar refractivity (Wildman–Crippen MR) is 78.0 cm³/mol. The van der Waals surface area contributed by atoms with E-state index in [0.29, 0.717) is 0 Å². The Morgan fingerprint density at radius 1 is 1.53 bits per heavy atom. The quantitative estimate of drug-likeness (QED) is 0.491. The summed E-state index contributed by atoms with van der Waals surface area (Å²) in [5.41, 5.74) is 3.45. The third-order valence-corrected chi connectivity index (χ3v) is 4.83. The van der Waals surface area contributed by atoms with E-state index in [1.165, 1.54) is 11.3 Å². The van der Waals surface area contributed by atoms with Crippen molar-refractivity contribution in [2.24, 2.45) is 5.84 Å². The van der Waals surface area contributed by atoms with Crippen LogP contribution < -0.4 is 11.3 Å². The number of nitrogens with two attached hydrogens (primary N) is 1. The lowest BCUT2D eigenvalue weighted by atomic mass is 9.99. The van der Waals surface area contributed by atoms with Gasteiger partial charge in [-0.15, -0.1) is 11.3 Å². The highest BCUT2D eigenvalue weighted by Crippen LogP contribution is 2.23. The van der Waals surface area contributed by atoms with Gasteiger partial charge in [0.25, 0.3) is 5.91 Å². The molecule has 1 saturated heterocycles. The Morgan fingerprint density at radius 3 is 2.89 bits per heavy atom. The Balaban J connectivity index is 2.06. The topological polar surface area (TPSA) is 61.6 Å². The summed E-state index contributed by atoms with van der Waals surface area (Å²) in [6.45, 7) is 8.39. The first-order valence-electron chi connectivity index (χ1n) is 6.45. The average Bonchev–Trinajstić information content (AvgIpc) is 2.80. The van der Waals surface area contributed by atoms with Crippen LogP contribution in [0, 0.1) is 0 Å². The molecule has 0 atom stereocenters. The summed E-state index contributed by atoms with van der Waals surface area (Å²) in [4.78, 5) is 17.2. The second-order valence-electron chi connectivity index (χ2n) is 5.69. The van der Waals surface area contributed by atoms with Gasteiger partial charge in [0.2, 0.25) is 0 Å². The Labute approximate surface area is 118 Å². The zero-order valence-electron chi connectivity index (χ0n) is 11.8. The molecule has 106 valence electrons. The number of nitrogens with one attached hydrogen (secondary N) is 1. The summed E-state index contributed by atoms with van der Waals surface area (Å²) < 4.78 is 0. The van der Waals surface area contributed by atoms with E-state index < -0.39 is 0 Å². The molecule has 2 heterocycles. The molecular formula is C13H22N4OS. The first-order chi connectivity index (χ1) is 8.94. The van der Waals surface area contributed by atoms with Crippen molar-refractivity contribution in [3.05, 3.63) is 21.9 Å². The summed E-state index contributed by atoms with van der Waals surface area (Å²) in [7, 11) is 2.16. The molecule has 0 aromatic carbocycles. The van der Waals surface area contributed by atoms with Gasteiger partial charge in [0.1, 0.15) is 0 Å². The molecule has 0 radical (unpaired) electrons. The van der Waals surface area contributed by atoms with Crippen LogP contribution in [0.4, 0.5) is 0 Å². The molecule has 0 saturated carbocycles. The maximum atomic E-state index is 11.7. The zero-order chi connectivity index (χ0) is 14.0. The van der Waals surface area contributed by atoms with Crippen LogP contribution in [-0.4, -0.2) is 47.9 Å². The van der Waals surface area contributed by atoms with Crippen LogP contribution in [0.15, 0.2) is 11.4 Å². The van der Waals surface area contributed by atoms with Gasteiger partial charge < -0.3 is 0 Å². The van der Waals surface area contributed by atoms with Crippen LogP contribution in [0.1, 0.15) is 29.1 Å². The molecule has 1 fully saturated rings. The lowest BCUT2D eigenvalue weighted by Crippen LogP contribution is -2.57. The molecule has 1 aliphatic rings. The second-order valence-corrected chi connectivity index (χ2v) is 6.61. The lowest BCUT2D eigenvalue weighted by Gasteiger charge is -2.45. The van der Waals surface area contributed by atoms with Gasteiger partial charge in [0.15, 0.2) is 0 Å². The number of nitrogens with zero attached hydrogens (tertiary/aromatic N) is 2. The Hall–Kier alpha value is -0.950. The second kappa shape index (κ2) is 5.58. The number of thiophene rings is 1. The van der Waals surface area contributed by atoms with Gasteiger partial charge in [-0.3, -0.25) is 20.0 Å². The SMILES string of the molecule is CN1CCN(Cc2ccsc2C(=O)NN)CC1(C)C. The van der Waals surface area contributed by atoms with Crippen molar-refractivity contribution >= 4 is 17.2 Å². The normalized spacial score (nSPS) is 20.4. The summed E-state index contributed by atoms with van der Waals surface area (Å²) >= 11 is 1.44. The molecule has 2 rings (SSSR count). The van der Waals surface area contributed by atoms with Gasteiger partial charge in [-0.25, -0.2) is 5.84 Å². The van der Waals surface area contributed by atoms with Crippen LogP contribution in [0.5, 0.6) is 0 Å². The molecule has 1 aliphatic heterocycles. The molecule has 19 heavy (non-hydrogen) atoms. The van der Waals surface area contributed by atoms with E-state index in [0.717, 1.165) is 36.6 Å². The fourth-order valence-electron chi connectivity index (χ4n) is 2.44. The number of piperazine rings is 1. The van der Waals surface area contributed by atoms with E-state index in [1.807, 2.05) is 11.4 Å². The standard InChI is InChI=1S/C13H22N4OS/c1-13(2)9-17(6-5-16(13)3)8-10-4-7-19-11(10)12(18)15-14/h4,7H,5-6,8-9,14H2,1-3H3,(H,15,18). The largest absolute Gasteiger partial charge is 0.299 e. The third kappa shape index (κ3) is 3.14. The highest BCUT2D eigenvalue weighted by atomic mass is 32.1. The highest BCUT2D eigenvalue weighted by Gasteiger charge is 2.31. The summed E-state index contributed by atoms with van der Waals surface area (Å²) in [5, 5.41) is 1.95. The summed E-state index contributed by atoms with van der Waals surface area (Å²) in [5.74, 6) is 5.02. The average molecular weight is 282 g/mol. The fourth-order valence-corrected chi connectivity index (χ4v) is 3.26. The first kappa shape index (κ1) is 14.5. The first-order valence-corrected chi connectivity index (χ1v) is 7.33. The summed E-state index contributed by atoms with van der Waals surface area (Å²) in [6, 6.07) is 2.01. The van der Waals surface area contributed by atoms with Gasteiger partial charge >= 0.3 is 0 Å². The van der Waals surface area contributed by atoms with Crippen molar-refractivity contribution in [1.29, 1.82) is 0 Å². The number of amides is 1. The monoisotopic (exact) mass is 282 g/mol. The van der Waals surface area contributed by atoms with Crippen LogP contribution in [0.3, 0.4) is 0 Å². The molecule has 0 bridgehead atoms. The van der Waals surface area contributed by atoms with Gasteiger partial charge in [-0.1, -0.05) is 0 Å². The zero-order valence-corrected chi connectivity index (χ0v) is 12.6. The van der Waals surface area contributed by atoms with Crippen molar-refractivity contribution in [1.82, 2.24) is 15.2 Å². The van der Waals surface area contributed by atoms with E-state index >= 15 is 0 Å². The molecule has 0 aliphatic carbocycles. The number of hydrogen-bond donors (Lipinski definition) is 2. The highest BCUT2D eigenvalue weighted by molar-refractivity contribution is 7.12. The maximum absolute atomic E-state index is 11.7. The Kier molecular flexibility index (Phi) is 4.25. The number of likely N-dealkylation sites (N-methyl/N-ethyl adjacent to an activating group) is 1. The smallest absolute Gasteiger partial charge is 0.275 e. The van der Waals surface area contributed by atoms with E-state index in [2.05, 4.69) is 36.1 Å². The third-order valence-electron chi connectivity index (χ3n) is 3.87. The van der Waals surface area contributed by atoms with Crippen molar-refractivity contribution in [3.63, 3.8) is 0 Å². The maximum Gasteiger partial charge on any atom is 0.275 e. The van der Waals surface area contributed by atoms with Crippen molar-refractivity contribution in [2.45, 2.75) is 25.9 Å². The van der Waals surface area contributed by atoms with Crippen LogP contribution >= 0.6 is 11.3 Å². The van der Waals surface area contributed by atoms with Gasteiger partial charge in [0.05, 0.1) is 4.88 Å². The predicted octanol–water partition coefficient (Wildman–Crippen LogP) is 0.878. The molecule has 1 aromatic heterocycles. The van der Waals surface area contributed by atoms with Gasteiger partial charge in [0, 0.05) is 31.7 Å². The van der Waals surface area contributed by atoms with E-state index in [-0.39, 0.29) is 11.4 Å². The van der Waals surface area contributed by atoms with E-state index in [4.69, 9.17) is 5.84 Å². The van der Waals surface area contributed by atoms with Crippen LogP contribution in [-0.2, 0) is 6.54 Å². The van der Waals surface area contributed by atoms with Gasteiger partial charge in [-0.2, -0.15) is 0 Å². The molecule has 0 spiro atoms. The van der Waals surface area contributed by atoms with E-state index in [9.17, 15) is 4.79 Å². The van der Waals surface area contributed by atoms with E-state index in [1.54, 1.807) is 0 Å². The number of carbonyl (C=O) groups excluding carboxylic acids is 1. The molecule has 1 aromatic rings. The number of hydrogen-bond acceptors (Lipinski definition) is 5. The number of hydrazine groups is 1. The van der Waals surface area contributed by atoms with Crippen LogP contribution in [0.25, 0.3) is 0 Å². The molecule has 5 nitrogen and oxygen atoms in total. The lowest BCUT2D eigenvalue weighted by molar-refractivity contribution is 0.0359. The fraction of sp³-hybridized carbons (Fsp3) is 0.615. The molecular weight excluding hydrogens is 260 g/mol. The molecule has 3 N–H and O–H groups in total. The minimum absolute atomic E-state index is 0.171. The Morgan fingerprint density at radius 2 is 2.26 bits per heavy atom. The van der Waals surface area contributed by atoms with Gasteiger partial charge in [-0.05, 0) is 37.9 Å². The summed E-state index contributed by atoms with van der Waals surface area (Å²) in [6.07, 6.45) is 0.